The van der Waals surface area contributed by atoms with E-state index in [1.54, 1.807) is 0 Å². The molecule has 0 spiro atoms. The molecular weight excluding hydrogens is 241 g/mol. The number of nitrogens with zero attached hydrogens (tertiary/aromatic N) is 2. The van der Waals surface area contributed by atoms with Crippen LogP contribution in [0.15, 0.2) is 30.6 Å². The van der Waals surface area contributed by atoms with Crippen LogP contribution in [-0.4, -0.2) is 9.97 Å². The average molecular weight is 259 g/mol. The molecule has 0 amide bonds. The van der Waals surface area contributed by atoms with Gasteiger partial charge in [-0.1, -0.05) is 38.1 Å². The molecule has 2 rings (SSSR count). The molecule has 19 heavy (non-hydrogen) atoms. The van der Waals surface area contributed by atoms with Gasteiger partial charge in [-0.2, -0.15) is 0 Å². The molecule has 0 aliphatic heterocycles. The average Bonchev–Trinajstić information content (AvgIpc) is 2.47. The SMILES string of the molecule is CCc1ccc(CNc2ncnc(CC)c2F)cc1. The molecule has 0 atom stereocenters. The Bertz CT molecular complexity index is 538. The van der Waals surface area contributed by atoms with Gasteiger partial charge in [0.25, 0.3) is 0 Å². The molecule has 100 valence electrons. The van der Waals surface area contributed by atoms with E-state index in [-0.39, 0.29) is 11.6 Å². The van der Waals surface area contributed by atoms with Crippen molar-refractivity contribution in [2.75, 3.05) is 5.32 Å². The van der Waals surface area contributed by atoms with Crippen molar-refractivity contribution in [1.82, 2.24) is 9.97 Å². The lowest BCUT2D eigenvalue weighted by molar-refractivity contribution is 0.596. The summed E-state index contributed by atoms with van der Waals surface area (Å²) in [5.41, 5.74) is 2.84. The van der Waals surface area contributed by atoms with Gasteiger partial charge in [-0.05, 0) is 24.0 Å². The van der Waals surface area contributed by atoms with E-state index in [4.69, 9.17) is 0 Å². The summed E-state index contributed by atoms with van der Waals surface area (Å²) in [5.74, 6) is -0.0819. The van der Waals surface area contributed by atoms with Crippen LogP contribution in [0.4, 0.5) is 10.2 Å². The molecule has 1 aromatic heterocycles. The second-order valence-electron chi connectivity index (χ2n) is 4.36. The molecular formula is C15H18FN3. The quantitative estimate of drug-likeness (QED) is 0.894. The van der Waals surface area contributed by atoms with E-state index in [1.807, 2.05) is 19.1 Å². The highest BCUT2D eigenvalue weighted by Gasteiger charge is 2.08. The van der Waals surface area contributed by atoms with E-state index in [1.165, 1.54) is 11.9 Å². The van der Waals surface area contributed by atoms with E-state index >= 15 is 0 Å². The molecule has 0 unspecified atom stereocenters. The van der Waals surface area contributed by atoms with Crippen LogP contribution in [-0.2, 0) is 19.4 Å². The van der Waals surface area contributed by atoms with E-state index in [9.17, 15) is 4.39 Å². The first kappa shape index (κ1) is 13.5. The molecule has 0 saturated carbocycles. The topological polar surface area (TPSA) is 37.8 Å². The first-order chi connectivity index (χ1) is 9.24. The third kappa shape index (κ3) is 3.28. The Morgan fingerprint density at radius 3 is 2.32 bits per heavy atom. The van der Waals surface area contributed by atoms with Gasteiger partial charge in [0.1, 0.15) is 6.33 Å². The predicted molar refractivity (Wildman–Crippen MR) is 74.5 cm³/mol. The predicted octanol–water partition coefficient (Wildman–Crippen LogP) is 3.35. The van der Waals surface area contributed by atoms with Crippen LogP contribution >= 0.6 is 0 Å². The Labute approximate surface area is 112 Å². The summed E-state index contributed by atoms with van der Waals surface area (Å²) in [4.78, 5) is 7.85. The van der Waals surface area contributed by atoms with Gasteiger partial charge < -0.3 is 5.32 Å². The van der Waals surface area contributed by atoms with Gasteiger partial charge >= 0.3 is 0 Å². The Balaban J connectivity index is 2.05. The maximum atomic E-state index is 13.9. The Kier molecular flexibility index (Phi) is 4.44. The third-order valence-electron chi connectivity index (χ3n) is 3.09. The van der Waals surface area contributed by atoms with Crippen LogP contribution in [0.5, 0.6) is 0 Å². The van der Waals surface area contributed by atoms with E-state index < -0.39 is 0 Å². The summed E-state index contributed by atoms with van der Waals surface area (Å²) in [5, 5.41) is 3.02. The fourth-order valence-corrected chi connectivity index (χ4v) is 1.85. The molecule has 0 saturated heterocycles. The zero-order valence-corrected chi connectivity index (χ0v) is 11.3. The molecule has 0 bridgehead atoms. The minimum atomic E-state index is -0.352. The third-order valence-corrected chi connectivity index (χ3v) is 3.09. The summed E-state index contributed by atoms with van der Waals surface area (Å²) in [7, 11) is 0. The number of aromatic nitrogens is 2. The van der Waals surface area contributed by atoms with Gasteiger partial charge in [-0.3, -0.25) is 0 Å². The van der Waals surface area contributed by atoms with Crippen LogP contribution in [0, 0.1) is 5.82 Å². The van der Waals surface area contributed by atoms with Gasteiger partial charge in [-0.15, -0.1) is 0 Å². The van der Waals surface area contributed by atoms with Gasteiger partial charge in [0, 0.05) is 6.54 Å². The normalized spacial score (nSPS) is 10.5. The summed E-state index contributed by atoms with van der Waals surface area (Å²) >= 11 is 0. The van der Waals surface area contributed by atoms with Crippen molar-refractivity contribution in [3.8, 4) is 0 Å². The fourth-order valence-electron chi connectivity index (χ4n) is 1.85. The zero-order valence-electron chi connectivity index (χ0n) is 11.3. The Morgan fingerprint density at radius 2 is 1.68 bits per heavy atom. The van der Waals surface area contributed by atoms with Crippen molar-refractivity contribution < 1.29 is 4.39 Å². The molecule has 3 nitrogen and oxygen atoms in total. The lowest BCUT2D eigenvalue weighted by Crippen LogP contribution is -2.06. The molecule has 1 aromatic carbocycles. The maximum Gasteiger partial charge on any atom is 0.186 e. The van der Waals surface area contributed by atoms with Crippen molar-refractivity contribution in [3.05, 3.63) is 53.2 Å². The van der Waals surface area contributed by atoms with E-state index in [0.717, 1.165) is 12.0 Å². The van der Waals surface area contributed by atoms with Crippen LogP contribution < -0.4 is 5.32 Å². The number of halogens is 1. The standard InChI is InChI=1S/C15H18FN3/c1-3-11-5-7-12(8-6-11)9-17-15-14(16)13(4-2)18-10-19-15/h5-8,10H,3-4,9H2,1-2H3,(H,17,18,19). The van der Waals surface area contributed by atoms with Gasteiger partial charge in [0.15, 0.2) is 11.6 Å². The van der Waals surface area contributed by atoms with Crippen molar-refractivity contribution in [2.45, 2.75) is 33.2 Å². The van der Waals surface area contributed by atoms with Crippen LogP contribution in [0.2, 0.25) is 0 Å². The number of hydrogen-bond donors (Lipinski definition) is 1. The fraction of sp³-hybridized carbons (Fsp3) is 0.333. The number of aryl methyl sites for hydroxylation is 2. The van der Waals surface area contributed by atoms with Crippen molar-refractivity contribution in [1.29, 1.82) is 0 Å². The first-order valence-electron chi connectivity index (χ1n) is 6.55. The Morgan fingerprint density at radius 1 is 1.00 bits per heavy atom. The number of rotatable bonds is 5. The Hall–Kier alpha value is -1.97. The summed E-state index contributed by atoms with van der Waals surface area (Å²) in [6.45, 7) is 4.55. The largest absolute Gasteiger partial charge is 0.363 e. The summed E-state index contributed by atoms with van der Waals surface area (Å²) in [6, 6.07) is 8.27. The highest BCUT2D eigenvalue weighted by atomic mass is 19.1. The van der Waals surface area contributed by atoms with E-state index in [0.29, 0.717) is 18.7 Å². The van der Waals surface area contributed by atoms with Gasteiger partial charge in [0.2, 0.25) is 0 Å². The van der Waals surface area contributed by atoms with Gasteiger partial charge in [0.05, 0.1) is 5.69 Å². The van der Waals surface area contributed by atoms with Crippen molar-refractivity contribution in [2.24, 2.45) is 0 Å². The number of anilines is 1. The molecule has 1 heterocycles. The molecule has 2 aromatic rings. The number of hydrogen-bond acceptors (Lipinski definition) is 3. The molecule has 0 aliphatic carbocycles. The molecule has 0 radical (unpaired) electrons. The van der Waals surface area contributed by atoms with Crippen molar-refractivity contribution in [3.63, 3.8) is 0 Å². The number of benzene rings is 1. The zero-order chi connectivity index (χ0) is 13.7. The lowest BCUT2D eigenvalue weighted by atomic mass is 10.1. The van der Waals surface area contributed by atoms with Crippen LogP contribution in [0.3, 0.4) is 0 Å². The lowest BCUT2D eigenvalue weighted by Gasteiger charge is -2.08. The monoisotopic (exact) mass is 259 g/mol. The number of nitrogens with one attached hydrogen (secondary N) is 1. The van der Waals surface area contributed by atoms with Crippen LogP contribution in [0.25, 0.3) is 0 Å². The maximum absolute atomic E-state index is 13.9. The smallest absolute Gasteiger partial charge is 0.186 e. The molecule has 0 fully saturated rings. The summed E-state index contributed by atoms with van der Waals surface area (Å²) in [6.07, 6.45) is 2.98. The summed E-state index contributed by atoms with van der Waals surface area (Å²) < 4.78 is 13.9. The molecule has 0 aliphatic rings. The molecule has 1 N–H and O–H groups in total. The van der Waals surface area contributed by atoms with Crippen molar-refractivity contribution >= 4 is 5.82 Å². The van der Waals surface area contributed by atoms with Crippen LogP contribution in [0.1, 0.15) is 30.7 Å². The second-order valence-corrected chi connectivity index (χ2v) is 4.36. The minimum Gasteiger partial charge on any atom is -0.363 e. The van der Waals surface area contributed by atoms with E-state index in [2.05, 4.69) is 34.3 Å². The highest BCUT2D eigenvalue weighted by Crippen LogP contribution is 2.14. The van der Waals surface area contributed by atoms with Gasteiger partial charge in [-0.25, -0.2) is 14.4 Å². The minimum absolute atomic E-state index is 0.270. The second kappa shape index (κ2) is 6.27. The first-order valence-corrected chi connectivity index (χ1v) is 6.55. The highest BCUT2D eigenvalue weighted by molar-refractivity contribution is 5.38. The molecule has 4 heteroatoms.